The van der Waals surface area contributed by atoms with Gasteiger partial charge in [-0.1, -0.05) is 36.4 Å². The average molecular weight is 845 g/mol. The highest BCUT2D eigenvalue weighted by Gasteiger charge is 2.38. The molecule has 0 aliphatic carbocycles. The summed E-state index contributed by atoms with van der Waals surface area (Å²) in [7, 11) is 5.67. The summed E-state index contributed by atoms with van der Waals surface area (Å²) in [6.07, 6.45) is 2.50. The largest absolute Gasteiger partial charge is 0.453 e. The molecule has 4 heterocycles. The SMILES string of the molecule is COCC[C@H](NC(=O)OC)C(=O)N1CCC[C@H]1c1nc2ccc(-c3ccc4cc(-c5ccc6nc([C@@H]7CCCN7C(=O)[C@H](CCOC)NC(=O)OC)[nH]c6c5)ccc4c3)cc2[nH]1. The number of H-pyrrole nitrogens is 2. The van der Waals surface area contributed by atoms with E-state index in [-0.39, 0.29) is 23.9 Å². The first-order valence-corrected chi connectivity index (χ1v) is 21.0. The van der Waals surface area contributed by atoms with Crippen LogP contribution in [0.15, 0.2) is 72.8 Å². The predicted octanol–water partition coefficient (Wildman–Crippen LogP) is 6.78. The molecule has 0 saturated carbocycles. The number of hydrogen-bond acceptors (Lipinski definition) is 10. The molecule has 16 heteroatoms. The third kappa shape index (κ3) is 8.79. The molecule has 2 aromatic heterocycles. The van der Waals surface area contributed by atoms with Gasteiger partial charge in [0.2, 0.25) is 11.8 Å². The second-order valence-corrected chi connectivity index (χ2v) is 15.8. The first-order chi connectivity index (χ1) is 30.2. The van der Waals surface area contributed by atoms with Crippen molar-refractivity contribution >= 4 is 56.8 Å². The van der Waals surface area contributed by atoms with Gasteiger partial charge in [-0.15, -0.1) is 0 Å². The molecular weight excluding hydrogens is 793 g/mol. The van der Waals surface area contributed by atoms with Gasteiger partial charge in [0, 0.05) is 53.4 Å². The third-order valence-corrected chi connectivity index (χ3v) is 12.0. The molecule has 2 aliphatic rings. The van der Waals surface area contributed by atoms with Crippen LogP contribution in [0.4, 0.5) is 9.59 Å². The van der Waals surface area contributed by atoms with E-state index in [2.05, 4.69) is 81.3 Å². The van der Waals surface area contributed by atoms with Crippen LogP contribution in [-0.4, -0.2) is 121 Å². The van der Waals surface area contributed by atoms with Gasteiger partial charge in [-0.05, 0) is 95.1 Å². The van der Waals surface area contributed by atoms with Crippen LogP contribution in [0.25, 0.3) is 55.1 Å². The van der Waals surface area contributed by atoms with Crippen molar-refractivity contribution in [1.29, 1.82) is 0 Å². The van der Waals surface area contributed by atoms with E-state index in [1.54, 1.807) is 24.0 Å². The van der Waals surface area contributed by atoms with Crippen molar-refractivity contribution in [2.24, 2.45) is 0 Å². The molecule has 0 unspecified atom stereocenters. The zero-order valence-corrected chi connectivity index (χ0v) is 35.4. The molecule has 4 aromatic carbocycles. The Balaban J connectivity index is 0.982. The number of alkyl carbamates (subject to hydrolysis) is 2. The summed E-state index contributed by atoms with van der Waals surface area (Å²) in [6, 6.07) is 23.2. The smallest absolute Gasteiger partial charge is 0.407 e. The van der Waals surface area contributed by atoms with Gasteiger partial charge in [0.1, 0.15) is 23.7 Å². The van der Waals surface area contributed by atoms with Crippen molar-refractivity contribution in [3.8, 4) is 22.3 Å². The molecule has 8 rings (SSSR count). The van der Waals surface area contributed by atoms with E-state index in [1.165, 1.54) is 14.2 Å². The Morgan fingerprint density at radius 1 is 0.613 bits per heavy atom. The number of fused-ring (bicyclic) bond motifs is 3. The summed E-state index contributed by atoms with van der Waals surface area (Å²) in [4.78, 5) is 71.8. The minimum atomic E-state index is -0.768. The minimum absolute atomic E-state index is 0.187. The number of nitrogens with one attached hydrogen (secondary N) is 4. The average Bonchev–Trinajstić information content (AvgIpc) is 4.13. The third-order valence-electron chi connectivity index (χ3n) is 12.0. The number of imidazole rings is 2. The molecule has 0 spiro atoms. The lowest BCUT2D eigenvalue weighted by Crippen LogP contribution is -2.49. The molecule has 2 saturated heterocycles. The highest BCUT2D eigenvalue weighted by Crippen LogP contribution is 2.36. The number of likely N-dealkylation sites (tertiary alicyclic amines) is 2. The number of benzene rings is 4. The zero-order valence-electron chi connectivity index (χ0n) is 35.4. The van der Waals surface area contributed by atoms with Crippen LogP contribution in [0, 0.1) is 0 Å². The number of amides is 4. The van der Waals surface area contributed by atoms with Gasteiger partial charge in [0.25, 0.3) is 0 Å². The first kappa shape index (κ1) is 42.2. The van der Waals surface area contributed by atoms with E-state index in [0.717, 1.165) is 92.4 Å². The van der Waals surface area contributed by atoms with E-state index in [0.29, 0.717) is 39.1 Å². The molecular formula is C46H52N8O8. The van der Waals surface area contributed by atoms with Crippen LogP contribution < -0.4 is 10.6 Å². The fourth-order valence-corrected chi connectivity index (χ4v) is 8.76. The lowest BCUT2D eigenvalue weighted by Gasteiger charge is -2.28. The molecule has 0 bridgehead atoms. The summed E-state index contributed by atoms with van der Waals surface area (Å²) in [5.41, 5.74) is 7.57. The Labute approximate surface area is 358 Å². The number of methoxy groups -OCH3 is 4. The molecule has 324 valence electrons. The van der Waals surface area contributed by atoms with E-state index in [4.69, 9.17) is 28.9 Å². The van der Waals surface area contributed by atoms with Crippen LogP contribution in [-0.2, 0) is 28.5 Å². The van der Waals surface area contributed by atoms with Crippen molar-refractivity contribution in [2.75, 3.05) is 54.7 Å². The van der Waals surface area contributed by atoms with Gasteiger partial charge in [-0.25, -0.2) is 19.6 Å². The van der Waals surface area contributed by atoms with E-state index in [1.807, 2.05) is 12.1 Å². The van der Waals surface area contributed by atoms with Crippen molar-refractivity contribution in [2.45, 2.75) is 62.7 Å². The number of ether oxygens (including phenoxy) is 4. The van der Waals surface area contributed by atoms with Crippen molar-refractivity contribution in [1.82, 2.24) is 40.4 Å². The predicted molar refractivity (Wildman–Crippen MR) is 233 cm³/mol. The normalized spacial score (nSPS) is 17.4. The Kier molecular flexibility index (Phi) is 12.7. The molecule has 6 aromatic rings. The topological polar surface area (TPSA) is 193 Å². The number of hydrogen-bond donors (Lipinski definition) is 4. The van der Waals surface area contributed by atoms with E-state index < -0.39 is 24.3 Å². The Bertz CT molecular complexity index is 2430. The highest BCUT2D eigenvalue weighted by molar-refractivity contribution is 5.93. The van der Waals surface area contributed by atoms with Gasteiger partial charge < -0.3 is 49.3 Å². The highest BCUT2D eigenvalue weighted by atomic mass is 16.5. The first-order valence-electron chi connectivity index (χ1n) is 21.0. The molecule has 62 heavy (non-hydrogen) atoms. The lowest BCUT2D eigenvalue weighted by atomic mass is 9.97. The number of nitrogens with zero attached hydrogens (tertiary/aromatic N) is 4. The van der Waals surface area contributed by atoms with Crippen molar-refractivity contribution in [3.05, 3.63) is 84.4 Å². The maximum Gasteiger partial charge on any atom is 0.407 e. The second kappa shape index (κ2) is 18.6. The summed E-state index contributed by atoms with van der Waals surface area (Å²) >= 11 is 0. The van der Waals surface area contributed by atoms with Crippen LogP contribution in [0.3, 0.4) is 0 Å². The van der Waals surface area contributed by atoms with Crippen LogP contribution >= 0.6 is 0 Å². The lowest BCUT2D eigenvalue weighted by molar-refractivity contribution is -0.135. The molecule has 4 amide bonds. The number of rotatable bonds is 14. The summed E-state index contributed by atoms with van der Waals surface area (Å²) in [6.45, 7) is 1.76. The number of carbonyl (C=O) groups is 4. The van der Waals surface area contributed by atoms with E-state index in [9.17, 15) is 19.2 Å². The molecule has 4 N–H and O–H groups in total. The van der Waals surface area contributed by atoms with Crippen LogP contribution in [0.1, 0.15) is 62.3 Å². The number of aromatic amines is 2. The monoisotopic (exact) mass is 844 g/mol. The second-order valence-electron chi connectivity index (χ2n) is 15.8. The fraction of sp³-hybridized carbons (Fsp3) is 0.391. The zero-order chi connectivity index (χ0) is 43.3. The fourth-order valence-electron chi connectivity index (χ4n) is 8.76. The standard InChI is InChI=1S/C46H52N8O8/c1-59-21-17-35(51-45(57)61-3)43(55)53-19-5-7-39(53)41-47-33-15-13-31(25-37(33)49-41)29-11-9-28-24-30(12-10-27(28)23-29)32-14-16-34-38(26-32)50-42(48-34)40-8-6-20-54(40)44(56)36(18-22-60-2)52-46(58)62-4/h9-16,23-26,35-36,39-40H,5-8,17-22H2,1-4H3,(H,47,49)(H,48,50)(H,51,57)(H,52,58)/t35-,36-,39-,40-/m0/s1. The number of carbonyl (C=O) groups excluding carboxylic acids is 4. The Morgan fingerprint density at radius 2 is 1.02 bits per heavy atom. The van der Waals surface area contributed by atoms with Crippen molar-refractivity contribution in [3.63, 3.8) is 0 Å². The molecule has 2 fully saturated rings. The van der Waals surface area contributed by atoms with Gasteiger partial charge in [0.05, 0.1) is 48.4 Å². The molecule has 2 aliphatic heterocycles. The van der Waals surface area contributed by atoms with Gasteiger partial charge in [-0.2, -0.15) is 0 Å². The van der Waals surface area contributed by atoms with Gasteiger partial charge >= 0.3 is 12.2 Å². The Hall–Kier alpha value is -6.52. The number of aromatic nitrogens is 4. The van der Waals surface area contributed by atoms with E-state index >= 15 is 0 Å². The summed E-state index contributed by atoms with van der Waals surface area (Å²) in [5.74, 6) is 1.06. The van der Waals surface area contributed by atoms with Gasteiger partial charge in [0.15, 0.2) is 0 Å². The summed E-state index contributed by atoms with van der Waals surface area (Å²) < 4.78 is 19.9. The summed E-state index contributed by atoms with van der Waals surface area (Å²) in [5, 5.41) is 7.53. The van der Waals surface area contributed by atoms with Crippen molar-refractivity contribution < 1.29 is 38.1 Å². The quantitative estimate of drug-likeness (QED) is 0.0909. The maximum atomic E-state index is 13.7. The van der Waals surface area contributed by atoms with Gasteiger partial charge in [-0.3, -0.25) is 9.59 Å². The maximum absolute atomic E-state index is 13.7. The molecule has 16 nitrogen and oxygen atoms in total. The molecule has 0 radical (unpaired) electrons. The van der Waals surface area contributed by atoms with Crippen LogP contribution in [0.5, 0.6) is 0 Å². The minimum Gasteiger partial charge on any atom is -0.453 e. The van der Waals surface area contributed by atoms with Crippen LogP contribution in [0.2, 0.25) is 0 Å². The molecule has 4 atom stereocenters. The Morgan fingerprint density at radius 3 is 1.42 bits per heavy atom.